The Labute approximate surface area is 111 Å². The second kappa shape index (κ2) is 7.45. The van der Waals surface area contributed by atoms with E-state index in [1.54, 1.807) is 0 Å². The Kier molecular flexibility index (Phi) is 13.2. The van der Waals surface area contributed by atoms with Gasteiger partial charge in [-0.15, -0.1) is 0 Å². The van der Waals surface area contributed by atoms with Crippen LogP contribution in [0.2, 0.25) is 0 Å². The summed E-state index contributed by atoms with van der Waals surface area (Å²) in [6.07, 6.45) is 0. The van der Waals surface area contributed by atoms with Crippen molar-refractivity contribution in [3.63, 3.8) is 0 Å². The smallest absolute Gasteiger partial charge is 1.00 e. The van der Waals surface area contributed by atoms with Crippen LogP contribution in [0.25, 0.3) is 0 Å². The SMILES string of the molecule is CC(=O)OS(=O)(O)=S.[H-].[H-].[Na+].[Na+]. The number of hydrogen-bond acceptors (Lipinski definition) is 4. The molecule has 1 N–H and O–H groups in total. The second-order valence-corrected chi connectivity index (χ2v) is 3.29. The Morgan fingerprint density at radius 3 is 2.00 bits per heavy atom. The Bertz CT molecular complexity index is 193. The van der Waals surface area contributed by atoms with Crippen LogP contribution in [-0.4, -0.2) is 14.7 Å². The first-order valence-electron chi connectivity index (χ1n) is 1.59. The van der Waals surface area contributed by atoms with Gasteiger partial charge in [0.1, 0.15) is 0 Å². The number of carbonyl (C=O) groups excluding carboxylic acids is 1. The Balaban J connectivity index is -0.0000000408. The minimum Gasteiger partial charge on any atom is -1.00 e. The van der Waals surface area contributed by atoms with Crippen LogP contribution in [0.3, 0.4) is 0 Å². The van der Waals surface area contributed by atoms with Gasteiger partial charge in [-0.25, -0.2) is 0 Å². The van der Waals surface area contributed by atoms with Crippen molar-refractivity contribution in [1.82, 2.24) is 0 Å². The number of rotatable bonds is 1. The van der Waals surface area contributed by atoms with Gasteiger partial charge in [-0.1, -0.05) is 0 Å². The van der Waals surface area contributed by atoms with E-state index >= 15 is 0 Å². The van der Waals surface area contributed by atoms with Crippen LogP contribution in [0, 0.1) is 0 Å². The summed E-state index contributed by atoms with van der Waals surface area (Å²) in [6, 6.07) is 0. The summed E-state index contributed by atoms with van der Waals surface area (Å²) in [6.45, 7) is 1.00. The standard InChI is InChI=1S/C2H4O4S2.2Na.2H/c1-2(3)6-8(4,5)7;;;;/h1H3,(H,4,5,7);;;;/q;2*+1;2*-1. The summed E-state index contributed by atoms with van der Waals surface area (Å²) in [5, 5.41) is 0. The van der Waals surface area contributed by atoms with Crippen molar-refractivity contribution in [2.75, 3.05) is 0 Å². The molecule has 0 heterocycles. The maximum atomic E-state index is 9.92. The molecule has 0 aliphatic rings. The van der Waals surface area contributed by atoms with Gasteiger partial charge >= 0.3 is 74.1 Å². The average molecular weight is 204 g/mol. The second-order valence-electron chi connectivity index (χ2n) is 1.00. The van der Waals surface area contributed by atoms with Gasteiger partial charge in [-0.05, 0) is 0 Å². The molecule has 0 spiro atoms. The van der Waals surface area contributed by atoms with Crippen LogP contribution in [-0.2, 0) is 29.2 Å². The van der Waals surface area contributed by atoms with Gasteiger partial charge in [0.25, 0.3) is 0 Å². The van der Waals surface area contributed by atoms with Crippen molar-refractivity contribution in [2.24, 2.45) is 0 Å². The Morgan fingerprint density at radius 1 is 1.70 bits per heavy atom. The quantitative estimate of drug-likeness (QED) is 0.431. The van der Waals surface area contributed by atoms with E-state index in [4.69, 9.17) is 4.55 Å². The Hall–Kier alpha value is 1.80. The molecular weight excluding hydrogens is 198 g/mol. The first-order chi connectivity index (χ1) is 3.42. The minimum absolute atomic E-state index is 0. The molecule has 0 radical (unpaired) electrons. The zero-order chi connectivity index (χ0) is 6.78. The fraction of sp³-hybridized carbons (Fsp3) is 0.500. The van der Waals surface area contributed by atoms with Crippen molar-refractivity contribution in [1.29, 1.82) is 0 Å². The third kappa shape index (κ3) is 16.4. The molecule has 0 aromatic carbocycles. The molecule has 0 rings (SSSR count). The molecule has 0 amide bonds. The zero-order valence-corrected chi connectivity index (χ0v) is 11.6. The topological polar surface area (TPSA) is 63.6 Å². The molecule has 0 aliphatic heterocycles. The van der Waals surface area contributed by atoms with E-state index in [0.29, 0.717) is 0 Å². The molecule has 1 atom stereocenters. The molecule has 1 unspecified atom stereocenters. The van der Waals surface area contributed by atoms with Gasteiger partial charge < -0.3 is 7.04 Å². The molecule has 0 aliphatic carbocycles. The van der Waals surface area contributed by atoms with Crippen LogP contribution in [0.15, 0.2) is 0 Å². The van der Waals surface area contributed by atoms with Gasteiger partial charge in [-0.3, -0.25) is 9.35 Å². The summed E-state index contributed by atoms with van der Waals surface area (Å²) in [5.74, 6) is -0.854. The monoisotopic (exact) mass is 204 g/mol. The van der Waals surface area contributed by atoms with Crippen molar-refractivity contribution in [3.05, 3.63) is 0 Å². The van der Waals surface area contributed by atoms with Crippen LogP contribution in [0.1, 0.15) is 9.78 Å². The van der Waals surface area contributed by atoms with E-state index in [-0.39, 0.29) is 62.0 Å². The molecule has 0 saturated heterocycles. The summed E-state index contributed by atoms with van der Waals surface area (Å²) < 4.78 is 21.7. The van der Waals surface area contributed by atoms with Gasteiger partial charge in [0, 0.05) is 6.92 Å². The number of hydrogen-bond donors (Lipinski definition) is 1. The first kappa shape index (κ1) is 17.8. The molecule has 4 nitrogen and oxygen atoms in total. The molecule has 8 heteroatoms. The van der Waals surface area contributed by atoms with E-state index in [2.05, 4.69) is 15.4 Å². The van der Waals surface area contributed by atoms with E-state index < -0.39 is 15.0 Å². The third-order valence-corrected chi connectivity index (χ3v) is 0.872. The van der Waals surface area contributed by atoms with Crippen molar-refractivity contribution >= 4 is 26.2 Å². The van der Waals surface area contributed by atoms with E-state index in [1.165, 1.54) is 0 Å². The molecular formula is C2H6Na2O4S2. The minimum atomic E-state index is -3.74. The maximum Gasteiger partial charge on any atom is 1.00 e. The molecule has 0 bridgehead atoms. The summed E-state index contributed by atoms with van der Waals surface area (Å²) in [4.78, 5) is 9.83. The van der Waals surface area contributed by atoms with E-state index in [1.807, 2.05) is 0 Å². The molecule has 0 aromatic heterocycles. The summed E-state index contributed by atoms with van der Waals surface area (Å²) >= 11 is 3.80. The molecule has 0 saturated carbocycles. The van der Waals surface area contributed by atoms with E-state index in [9.17, 15) is 9.00 Å². The summed E-state index contributed by atoms with van der Waals surface area (Å²) in [7, 11) is -3.74. The van der Waals surface area contributed by atoms with Crippen molar-refractivity contribution < 1.29 is 79.7 Å². The third-order valence-electron chi connectivity index (χ3n) is 0.223. The van der Waals surface area contributed by atoms with Crippen LogP contribution >= 0.6 is 0 Å². The van der Waals surface area contributed by atoms with Crippen molar-refractivity contribution in [3.8, 4) is 0 Å². The molecule has 10 heavy (non-hydrogen) atoms. The number of carbonyl (C=O) groups is 1. The van der Waals surface area contributed by atoms with Gasteiger partial charge in [0.05, 0.1) is 11.2 Å². The molecule has 0 aromatic rings. The predicted molar refractivity (Wildman–Crippen MR) is 32.1 cm³/mol. The first-order valence-corrected chi connectivity index (χ1v) is 3.96. The Morgan fingerprint density at radius 2 is 2.00 bits per heavy atom. The fourth-order valence-corrected chi connectivity index (χ4v) is 0.732. The fourth-order valence-electron chi connectivity index (χ4n) is 0.148. The van der Waals surface area contributed by atoms with Crippen molar-refractivity contribution in [2.45, 2.75) is 6.92 Å². The van der Waals surface area contributed by atoms with Crippen LogP contribution in [0.5, 0.6) is 0 Å². The maximum absolute atomic E-state index is 9.92. The van der Waals surface area contributed by atoms with Crippen LogP contribution in [0.4, 0.5) is 0 Å². The predicted octanol–water partition coefficient (Wildman–Crippen LogP) is -6.08. The average Bonchev–Trinajstić information content (AvgIpc) is 1.21. The van der Waals surface area contributed by atoms with Gasteiger partial charge in [0.15, 0.2) is 0 Å². The molecule has 0 fully saturated rings. The normalized spacial score (nSPS) is 13.4. The van der Waals surface area contributed by atoms with E-state index in [0.717, 1.165) is 6.92 Å². The zero-order valence-electron chi connectivity index (χ0n) is 7.99. The van der Waals surface area contributed by atoms with Crippen LogP contribution < -0.4 is 59.1 Å². The van der Waals surface area contributed by atoms with Gasteiger partial charge in [0.2, 0.25) is 0 Å². The molecule has 52 valence electrons. The summed E-state index contributed by atoms with van der Waals surface area (Å²) in [5.41, 5.74) is 0. The van der Waals surface area contributed by atoms with Gasteiger partial charge in [-0.2, -0.15) is 4.21 Å². The largest absolute Gasteiger partial charge is 1.00 e.